The van der Waals surface area contributed by atoms with E-state index in [-0.39, 0.29) is 10.9 Å². The van der Waals surface area contributed by atoms with Crippen molar-refractivity contribution < 1.29 is 26.3 Å². The van der Waals surface area contributed by atoms with Gasteiger partial charge in [0.15, 0.2) is 0 Å². The van der Waals surface area contributed by atoms with Crippen LogP contribution in [0.1, 0.15) is 12.8 Å². The van der Waals surface area contributed by atoms with Gasteiger partial charge in [0.2, 0.25) is 10.0 Å². The van der Waals surface area contributed by atoms with Gasteiger partial charge in [-0.2, -0.15) is 0 Å². The van der Waals surface area contributed by atoms with Crippen LogP contribution in [-0.2, 0) is 10.0 Å². The van der Waals surface area contributed by atoms with E-state index in [2.05, 4.69) is 9.46 Å². The first-order chi connectivity index (χ1) is 13.5. The van der Waals surface area contributed by atoms with Crippen molar-refractivity contribution in [2.75, 3.05) is 18.0 Å². The maximum Gasteiger partial charge on any atom is 0.573 e. The number of hydrogen-bond donors (Lipinski definition) is 1. The van der Waals surface area contributed by atoms with Crippen molar-refractivity contribution in [2.45, 2.75) is 30.1 Å². The summed E-state index contributed by atoms with van der Waals surface area (Å²) in [6.07, 6.45) is -3.45. The fourth-order valence-corrected chi connectivity index (χ4v) is 4.65. The molecule has 2 aromatic carbocycles. The summed E-state index contributed by atoms with van der Waals surface area (Å²) < 4.78 is 68.3. The summed E-state index contributed by atoms with van der Waals surface area (Å²) in [7, 11) is -3.90. The van der Waals surface area contributed by atoms with Gasteiger partial charge in [0, 0.05) is 24.8 Å². The number of anilines is 1. The maximum atomic E-state index is 12.6. The van der Waals surface area contributed by atoms with E-state index < -0.39 is 22.1 Å². The standard InChI is InChI=1S/C18H17Cl2F3N2O3S/c19-16-8-3-13(10-17(16)20)25-9-1-2-12(11-25)24-29(26,27)15-6-4-14(5-7-15)28-18(21,22)23/h3-8,10,12,24H,1-2,9,11H2. The number of sulfonamides is 1. The van der Waals surface area contributed by atoms with E-state index in [0.717, 1.165) is 42.9 Å². The van der Waals surface area contributed by atoms with Gasteiger partial charge in [-0.25, -0.2) is 13.1 Å². The predicted molar refractivity (Wildman–Crippen MR) is 105 cm³/mol. The van der Waals surface area contributed by atoms with Crippen LogP contribution in [0.5, 0.6) is 5.75 Å². The molecule has 11 heteroatoms. The van der Waals surface area contributed by atoms with Crippen molar-refractivity contribution in [3.8, 4) is 5.75 Å². The predicted octanol–water partition coefficient (Wildman–Crippen LogP) is 4.84. The molecule has 1 heterocycles. The Hall–Kier alpha value is -1.68. The zero-order valence-electron chi connectivity index (χ0n) is 14.9. The normalized spacial score (nSPS) is 18.0. The number of ether oxygens (including phenoxy) is 1. The first-order valence-electron chi connectivity index (χ1n) is 8.62. The Morgan fingerprint density at radius 3 is 2.38 bits per heavy atom. The minimum absolute atomic E-state index is 0.140. The number of hydrogen-bond acceptors (Lipinski definition) is 4. The lowest BCUT2D eigenvalue weighted by Gasteiger charge is -2.34. The fraction of sp³-hybridized carbons (Fsp3) is 0.333. The van der Waals surface area contributed by atoms with Crippen LogP contribution < -0.4 is 14.4 Å². The van der Waals surface area contributed by atoms with Gasteiger partial charge in [0.1, 0.15) is 5.75 Å². The lowest BCUT2D eigenvalue weighted by Crippen LogP contribution is -2.47. The van der Waals surface area contributed by atoms with Gasteiger partial charge in [0.05, 0.1) is 14.9 Å². The van der Waals surface area contributed by atoms with Gasteiger partial charge in [-0.05, 0) is 55.3 Å². The van der Waals surface area contributed by atoms with Crippen molar-refractivity contribution in [1.82, 2.24) is 4.72 Å². The highest BCUT2D eigenvalue weighted by Crippen LogP contribution is 2.29. The van der Waals surface area contributed by atoms with Gasteiger partial charge in [-0.3, -0.25) is 0 Å². The van der Waals surface area contributed by atoms with E-state index in [1.807, 2.05) is 11.0 Å². The Bertz CT molecular complexity index is 969. The number of halogens is 5. The van der Waals surface area contributed by atoms with E-state index in [4.69, 9.17) is 23.2 Å². The minimum Gasteiger partial charge on any atom is -0.406 e. The lowest BCUT2D eigenvalue weighted by atomic mass is 10.1. The summed E-state index contributed by atoms with van der Waals surface area (Å²) in [5.74, 6) is -0.486. The molecule has 5 nitrogen and oxygen atoms in total. The molecule has 0 amide bonds. The van der Waals surface area contributed by atoms with Crippen molar-refractivity contribution in [1.29, 1.82) is 0 Å². The molecule has 1 fully saturated rings. The Kier molecular flexibility index (Phi) is 6.52. The van der Waals surface area contributed by atoms with Crippen LogP contribution in [0, 0.1) is 0 Å². The largest absolute Gasteiger partial charge is 0.573 e. The molecule has 1 aliphatic rings. The van der Waals surface area contributed by atoms with Gasteiger partial charge >= 0.3 is 6.36 Å². The number of nitrogens with one attached hydrogen (secondary N) is 1. The van der Waals surface area contributed by atoms with Gasteiger partial charge < -0.3 is 9.64 Å². The van der Waals surface area contributed by atoms with Gasteiger partial charge in [-0.15, -0.1) is 13.2 Å². The van der Waals surface area contributed by atoms with Gasteiger partial charge in [-0.1, -0.05) is 23.2 Å². The molecule has 158 valence electrons. The average Bonchev–Trinajstić information content (AvgIpc) is 2.63. The van der Waals surface area contributed by atoms with Crippen LogP contribution in [0.15, 0.2) is 47.4 Å². The zero-order chi connectivity index (χ0) is 21.2. The minimum atomic E-state index is -4.84. The van der Waals surface area contributed by atoms with Crippen LogP contribution in [0.25, 0.3) is 0 Å². The Balaban J connectivity index is 1.68. The summed E-state index contributed by atoms with van der Waals surface area (Å²) in [6.45, 7) is 1.16. The SMILES string of the molecule is O=S(=O)(NC1CCCN(c2ccc(Cl)c(Cl)c2)C1)c1ccc(OC(F)(F)F)cc1. The zero-order valence-corrected chi connectivity index (χ0v) is 17.2. The first kappa shape index (κ1) is 22.0. The van der Waals surface area contributed by atoms with E-state index in [0.29, 0.717) is 23.0 Å². The maximum absolute atomic E-state index is 12.6. The average molecular weight is 469 g/mol. The van der Waals surface area contributed by atoms with Crippen LogP contribution in [-0.4, -0.2) is 33.9 Å². The van der Waals surface area contributed by atoms with E-state index in [1.165, 1.54) is 0 Å². The van der Waals surface area contributed by atoms with E-state index in [9.17, 15) is 21.6 Å². The smallest absolute Gasteiger partial charge is 0.406 e. The second-order valence-electron chi connectivity index (χ2n) is 6.52. The molecule has 1 N–H and O–H groups in total. The summed E-state index contributed by atoms with van der Waals surface area (Å²) in [4.78, 5) is 1.86. The third-order valence-electron chi connectivity index (χ3n) is 4.38. The van der Waals surface area contributed by atoms with E-state index in [1.54, 1.807) is 12.1 Å². The van der Waals surface area contributed by atoms with Crippen molar-refractivity contribution in [3.63, 3.8) is 0 Å². The number of piperidine rings is 1. The molecule has 3 rings (SSSR count). The second-order valence-corrected chi connectivity index (χ2v) is 9.05. The molecule has 0 bridgehead atoms. The molecule has 1 aliphatic heterocycles. The molecule has 29 heavy (non-hydrogen) atoms. The van der Waals surface area contributed by atoms with E-state index >= 15 is 0 Å². The highest BCUT2D eigenvalue weighted by Gasteiger charge is 2.31. The molecular weight excluding hydrogens is 452 g/mol. The Morgan fingerprint density at radius 1 is 1.07 bits per heavy atom. The quantitative estimate of drug-likeness (QED) is 0.681. The number of benzene rings is 2. The fourth-order valence-electron chi connectivity index (χ4n) is 3.10. The molecule has 0 aliphatic carbocycles. The first-order valence-corrected chi connectivity index (χ1v) is 10.9. The van der Waals surface area contributed by atoms with Crippen LogP contribution >= 0.6 is 23.2 Å². The molecular formula is C18H17Cl2F3N2O3S. The van der Waals surface area contributed by atoms with Crippen molar-refractivity contribution in [2.24, 2.45) is 0 Å². The summed E-state index contributed by atoms with van der Waals surface area (Å²) >= 11 is 12.0. The molecule has 1 atom stereocenters. The molecule has 1 unspecified atom stereocenters. The monoisotopic (exact) mass is 468 g/mol. The number of alkyl halides is 3. The number of rotatable bonds is 5. The van der Waals surface area contributed by atoms with Crippen molar-refractivity contribution in [3.05, 3.63) is 52.5 Å². The van der Waals surface area contributed by atoms with Crippen molar-refractivity contribution >= 4 is 38.9 Å². The second kappa shape index (κ2) is 8.59. The molecule has 1 saturated heterocycles. The molecule has 0 aromatic heterocycles. The van der Waals surface area contributed by atoms with Crippen LogP contribution in [0.2, 0.25) is 10.0 Å². The Labute approximate surface area is 176 Å². The third kappa shape index (κ3) is 5.91. The summed E-state index contributed by atoms with van der Waals surface area (Å²) in [5.41, 5.74) is 0.831. The molecule has 2 aromatic rings. The Morgan fingerprint density at radius 2 is 1.76 bits per heavy atom. The molecule has 0 saturated carbocycles. The molecule has 0 spiro atoms. The topological polar surface area (TPSA) is 58.6 Å². The number of nitrogens with zero attached hydrogens (tertiary/aromatic N) is 1. The third-order valence-corrected chi connectivity index (χ3v) is 6.65. The highest BCUT2D eigenvalue weighted by molar-refractivity contribution is 7.89. The van der Waals surface area contributed by atoms with Crippen LogP contribution in [0.3, 0.4) is 0 Å². The van der Waals surface area contributed by atoms with Crippen LogP contribution in [0.4, 0.5) is 18.9 Å². The lowest BCUT2D eigenvalue weighted by molar-refractivity contribution is -0.274. The summed E-state index contributed by atoms with van der Waals surface area (Å²) in [6, 6.07) is 8.92. The molecule has 0 radical (unpaired) electrons. The highest BCUT2D eigenvalue weighted by atomic mass is 35.5. The summed E-state index contributed by atoms with van der Waals surface area (Å²) in [5, 5.41) is 0.843. The van der Waals surface area contributed by atoms with Gasteiger partial charge in [0.25, 0.3) is 0 Å².